The van der Waals surface area contributed by atoms with Gasteiger partial charge in [-0.05, 0) is 54.7 Å². The van der Waals surface area contributed by atoms with E-state index in [0.29, 0.717) is 37.5 Å². The Labute approximate surface area is 240 Å². The van der Waals surface area contributed by atoms with E-state index in [1.54, 1.807) is 14.2 Å². The Balaban J connectivity index is 1.21. The van der Waals surface area contributed by atoms with Crippen LogP contribution in [0.25, 0.3) is 11.6 Å². The quantitative estimate of drug-likeness (QED) is 0.295. The molecule has 0 radical (unpaired) electrons. The number of likely N-dealkylation sites (tertiary alicyclic amines) is 1. The first-order valence-corrected chi connectivity index (χ1v) is 16.1. The van der Waals surface area contributed by atoms with E-state index in [1.165, 1.54) is 0 Å². The van der Waals surface area contributed by atoms with E-state index in [9.17, 15) is 10.5 Å². The molecule has 1 unspecified atom stereocenters. The van der Waals surface area contributed by atoms with Crippen molar-refractivity contribution in [3.05, 3.63) is 70.2 Å². The minimum Gasteiger partial charge on any atom is -0.633 e. The maximum absolute atomic E-state index is 13.8. The second-order valence-corrected chi connectivity index (χ2v) is 14.3. The summed E-state index contributed by atoms with van der Waals surface area (Å²) in [5.41, 5.74) is 4.46. The molecule has 5 rings (SSSR count). The van der Waals surface area contributed by atoms with Crippen molar-refractivity contribution in [2.75, 3.05) is 53.2 Å². The van der Waals surface area contributed by atoms with Crippen LogP contribution in [-0.4, -0.2) is 73.2 Å². The Morgan fingerprint density at radius 2 is 1.88 bits per heavy atom. The molecule has 0 N–H and O–H groups in total. The number of hydrogen-bond acceptors (Lipinski definition) is 7. The highest BCUT2D eigenvalue weighted by molar-refractivity contribution is 8.23. The van der Waals surface area contributed by atoms with Gasteiger partial charge in [-0.15, -0.1) is 10.8 Å². The zero-order valence-corrected chi connectivity index (χ0v) is 25.0. The third kappa shape index (κ3) is 6.14. The fourth-order valence-corrected chi connectivity index (χ4v) is 8.04. The summed E-state index contributed by atoms with van der Waals surface area (Å²) in [4.78, 5) is 4.41. The molecule has 216 valence electrons. The lowest BCUT2D eigenvalue weighted by molar-refractivity contribution is -0.890. The summed E-state index contributed by atoms with van der Waals surface area (Å²) in [6, 6.07) is 12.0. The van der Waals surface area contributed by atoms with Gasteiger partial charge in [0.15, 0.2) is 0 Å². The molecular weight excluding hydrogens is 524 g/mol. The number of fused-ring (bicyclic) bond motifs is 1. The lowest BCUT2D eigenvalue weighted by atomic mass is 9.79. The van der Waals surface area contributed by atoms with Crippen molar-refractivity contribution in [2.45, 2.75) is 50.7 Å². The molecule has 1 aliphatic carbocycles. The second kappa shape index (κ2) is 11.9. The molecule has 0 bridgehead atoms. The molecule has 3 heterocycles. The third-order valence-electron chi connectivity index (χ3n) is 9.04. The predicted octanol–water partition coefficient (Wildman–Crippen LogP) is 5.79. The Morgan fingerprint density at radius 1 is 1.15 bits per heavy atom. The zero-order valence-electron chi connectivity index (χ0n) is 24.2. The van der Waals surface area contributed by atoms with E-state index >= 15 is 0 Å². The number of hydroxylamine groups is 3. The third-order valence-corrected chi connectivity index (χ3v) is 11.6. The molecule has 8 nitrogen and oxygen atoms in total. The Bertz CT molecular complexity index is 1260. The van der Waals surface area contributed by atoms with Crippen LogP contribution in [0.2, 0.25) is 0 Å². The summed E-state index contributed by atoms with van der Waals surface area (Å²) < 4.78 is 20.4. The molecule has 2 aromatic rings. The lowest BCUT2D eigenvalue weighted by Gasteiger charge is -2.52. The van der Waals surface area contributed by atoms with Crippen LogP contribution in [0.1, 0.15) is 61.3 Å². The summed E-state index contributed by atoms with van der Waals surface area (Å²) in [5, 5.41) is 23.2. The molecular formula is C31H42N4O4S. The minimum absolute atomic E-state index is 0.0256. The van der Waals surface area contributed by atoms with Crippen molar-refractivity contribution < 1.29 is 17.7 Å². The van der Waals surface area contributed by atoms with E-state index in [2.05, 4.69) is 34.4 Å². The number of nitrogens with zero attached hydrogens (tertiary/aromatic N) is 4. The SMILES string of the molecule is COS(C)(OC)N1CCC(C[N+]2([O-])CCC(OC3(C)CC(c4cccc(C#N)c4)=Cc4ccncc43)CC2)CC1. The van der Waals surface area contributed by atoms with Crippen molar-refractivity contribution in [2.24, 2.45) is 5.92 Å². The first-order chi connectivity index (χ1) is 19.2. The Kier molecular flexibility index (Phi) is 8.69. The first kappa shape index (κ1) is 29.2. The van der Waals surface area contributed by atoms with Gasteiger partial charge >= 0.3 is 0 Å². The van der Waals surface area contributed by atoms with E-state index in [0.717, 1.165) is 61.0 Å². The highest BCUT2D eigenvalue weighted by Crippen LogP contribution is 2.50. The summed E-state index contributed by atoms with van der Waals surface area (Å²) in [6.45, 7) is 5.82. The highest BCUT2D eigenvalue weighted by Gasteiger charge is 2.40. The molecule has 2 aliphatic heterocycles. The molecule has 40 heavy (non-hydrogen) atoms. The predicted molar refractivity (Wildman–Crippen MR) is 159 cm³/mol. The van der Waals surface area contributed by atoms with Gasteiger partial charge in [-0.1, -0.05) is 18.2 Å². The van der Waals surface area contributed by atoms with E-state index in [-0.39, 0.29) is 10.8 Å². The largest absolute Gasteiger partial charge is 0.633 e. The van der Waals surface area contributed by atoms with Gasteiger partial charge in [0, 0.05) is 62.5 Å². The normalized spacial score (nSPS) is 28.4. The molecule has 0 spiro atoms. The number of quaternary nitrogens is 1. The van der Waals surface area contributed by atoms with Gasteiger partial charge in [-0.25, -0.2) is 4.31 Å². The summed E-state index contributed by atoms with van der Waals surface area (Å²) in [7, 11) is 1.77. The Hall–Kier alpha value is -2.29. The average molecular weight is 567 g/mol. The van der Waals surface area contributed by atoms with Crippen LogP contribution < -0.4 is 0 Å². The number of pyridine rings is 1. The van der Waals surface area contributed by atoms with Crippen LogP contribution in [0.15, 0.2) is 42.7 Å². The molecule has 2 fully saturated rings. The van der Waals surface area contributed by atoms with Crippen molar-refractivity contribution >= 4 is 22.4 Å². The van der Waals surface area contributed by atoms with Crippen molar-refractivity contribution in [3.63, 3.8) is 0 Å². The number of rotatable bonds is 8. The zero-order chi connectivity index (χ0) is 28.4. The summed E-state index contributed by atoms with van der Waals surface area (Å²) in [6.07, 6.45) is 12.2. The first-order valence-electron chi connectivity index (χ1n) is 14.2. The van der Waals surface area contributed by atoms with Gasteiger partial charge in [0.25, 0.3) is 0 Å². The topological polar surface area (TPSA) is 90.7 Å². The van der Waals surface area contributed by atoms with Crippen molar-refractivity contribution in [1.29, 1.82) is 5.26 Å². The fourth-order valence-electron chi connectivity index (χ4n) is 6.61. The van der Waals surface area contributed by atoms with E-state index in [1.807, 2.05) is 42.9 Å². The molecule has 2 saturated heterocycles. The van der Waals surface area contributed by atoms with E-state index < -0.39 is 16.4 Å². The van der Waals surface area contributed by atoms with Crippen LogP contribution >= 0.6 is 10.8 Å². The average Bonchev–Trinajstić information content (AvgIpc) is 2.98. The second-order valence-electron chi connectivity index (χ2n) is 11.7. The van der Waals surface area contributed by atoms with Crippen molar-refractivity contribution in [1.82, 2.24) is 9.29 Å². The lowest BCUT2D eigenvalue weighted by Crippen LogP contribution is -2.54. The highest BCUT2D eigenvalue weighted by atomic mass is 32.3. The van der Waals surface area contributed by atoms with Crippen molar-refractivity contribution in [3.8, 4) is 6.07 Å². The van der Waals surface area contributed by atoms with Gasteiger partial charge in [-0.2, -0.15) is 5.26 Å². The molecule has 1 atom stereocenters. The van der Waals surface area contributed by atoms with Crippen LogP contribution in [0.4, 0.5) is 0 Å². The van der Waals surface area contributed by atoms with E-state index in [4.69, 9.17) is 13.1 Å². The number of ether oxygens (including phenoxy) is 1. The number of piperidine rings is 2. The molecule has 0 amide bonds. The fraction of sp³-hybridized carbons (Fsp3) is 0.548. The van der Waals surface area contributed by atoms with Gasteiger partial charge in [-0.3, -0.25) is 13.4 Å². The summed E-state index contributed by atoms with van der Waals surface area (Å²) in [5.74, 6) is 0.425. The number of hydrogen-bond donors (Lipinski definition) is 0. The molecule has 0 saturated carbocycles. The maximum Gasteiger partial charge on any atom is 0.0991 e. The number of aromatic nitrogens is 1. The molecule has 3 aliphatic rings. The monoisotopic (exact) mass is 566 g/mol. The van der Waals surface area contributed by atoms with Gasteiger partial charge in [0.1, 0.15) is 0 Å². The van der Waals surface area contributed by atoms with Crippen LogP contribution in [0, 0.1) is 22.5 Å². The number of benzene rings is 1. The van der Waals surface area contributed by atoms with Gasteiger partial charge < -0.3 is 14.6 Å². The summed E-state index contributed by atoms with van der Waals surface area (Å²) >= 11 is 0. The molecule has 1 aromatic carbocycles. The van der Waals surface area contributed by atoms with Crippen LogP contribution in [-0.2, 0) is 18.7 Å². The minimum atomic E-state index is -1.65. The Morgan fingerprint density at radius 3 is 2.55 bits per heavy atom. The molecule has 9 heteroatoms. The van der Waals surface area contributed by atoms with Gasteiger partial charge in [0.2, 0.25) is 0 Å². The maximum atomic E-state index is 13.8. The smallest absolute Gasteiger partial charge is 0.0991 e. The van der Waals surface area contributed by atoms with Crippen LogP contribution in [0.3, 0.4) is 0 Å². The molecule has 1 aromatic heterocycles. The standard InChI is InChI=1S/C31H42N4O4S/c1-31(20-28(19-27-8-13-33-22-30(27)31)26-7-5-6-25(18-26)21-32)39-29-11-16-35(36,17-12-29)23-24-9-14-34(15-10-24)40(4,37-2)38-3/h5-8,13,18-19,22,24,29H,9-12,14-17,20,23H2,1-4H3. The van der Waals surface area contributed by atoms with Gasteiger partial charge in [0.05, 0.1) is 57.2 Å². The van der Waals surface area contributed by atoms with Crippen LogP contribution in [0.5, 0.6) is 0 Å². The number of nitriles is 1.